The maximum atomic E-state index is 8.92. The number of aryl methyl sites for hydroxylation is 2. The highest BCUT2D eigenvalue weighted by Crippen LogP contribution is 2.20. The number of nitrogens with one attached hydrogen (secondary N) is 1. The number of halogens is 1. The molecule has 0 aliphatic carbocycles. The van der Waals surface area contributed by atoms with Gasteiger partial charge >= 0.3 is 0 Å². The van der Waals surface area contributed by atoms with E-state index < -0.39 is 0 Å². The number of anilines is 1. The number of rotatable bonds is 3. The predicted molar refractivity (Wildman–Crippen MR) is 82.1 cm³/mol. The van der Waals surface area contributed by atoms with Gasteiger partial charge in [0.15, 0.2) is 0 Å². The molecule has 2 nitrogen and oxygen atoms in total. The van der Waals surface area contributed by atoms with Crippen LogP contribution in [0.4, 0.5) is 5.69 Å². The molecule has 3 heteroatoms. The van der Waals surface area contributed by atoms with Gasteiger partial charge in [-0.1, -0.05) is 34.1 Å². The van der Waals surface area contributed by atoms with Crippen molar-refractivity contribution in [1.82, 2.24) is 0 Å². The zero-order valence-corrected chi connectivity index (χ0v) is 12.6. The summed E-state index contributed by atoms with van der Waals surface area (Å²) >= 11 is 3.50. The maximum absolute atomic E-state index is 8.92. The quantitative estimate of drug-likeness (QED) is 0.902. The van der Waals surface area contributed by atoms with Crippen molar-refractivity contribution in [2.24, 2.45) is 0 Å². The monoisotopic (exact) mass is 314 g/mol. The molecule has 0 saturated heterocycles. The summed E-state index contributed by atoms with van der Waals surface area (Å²) in [7, 11) is 0. The van der Waals surface area contributed by atoms with E-state index in [2.05, 4.69) is 52.4 Å². The van der Waals surface area contributed by atoms with E-state index in [9.17, 15) is 0 Å². The number of nitriles is 1. The summed E-state index contributed by atoms with van der Waals surface area (Å²) < 4.78 is 1.12. The fourth-order valence-electron chi connectivity index (χ4n) is 1.90. The molecule has 0 aliphatic rings. The molecule has 96 valence electrons. The number of hydrogen-bond donors (Lipinski definition) is 1. The highest BCUT2D eigenvalue weighted by Gasteiger charge is 2.01. The molecule has 0 unspecified atom stereocenters. The lowest BCUT2D eigenvalue weighted by atomic mass is 10.1. The van der Waals surface area contributed by atoms with Crippen molar-refractivity contribution < 1.29 is 0 Å². The Morgan fingerprint density at radius 2 is 1.89 bits per heavy atom. The van der Waals surface area contributed by atoms with Crippen LogP contribution in [0.25, 0.3) is 0 Å². The predicted octanol–water partition coefficient (Wildman–Crippen LogP) is 4.55. The van der Waals surface area contributed by atoms with Crippen molar-refractivity contribution in [3.05, 3.63) is 63.1 Å². The summed E-state index contributed by atoms with van der Waals surface area (Å²) in [5.41, 5.74) is 5.29. The highest BCUT2D eigenvalue weighted by molar-refractivity contribution is 9.10. The van der Waals surface area contributed by atoms with Crippen molar-refractivity contribution in [2.75, 3.05) is 5.32 Å². The van der Waals surface area contributed by atoms with E-state index in [0.29, 0.717) is 5.56 Å². The number of hydrogen-bond acceptors (Lipinski definition) is 2. The Labute approximate surface area is 122 Å². The molecule has 2 rings (SSSR count). The number of nitrogens with zero attached hydrogens (tertiary/aromatic N) is 1. The van der Waals surface area contributed by atoms with Crippen LogP contribution in [0.15, 0.2) is 40.9 Å². The lowest BCUT2D eigenvalue weighted by Gasteiger charge is -2.11. The van der Waals surface area contributed by atoms with Gasteiger partial charge in [0.2, 0.25) is 0 Å². The first-order valence-corrected chi connectivity index (χ1v) is 6.89. The normalized spacial score (nSPS) is 10.0. The van der Waals surface area contributed by atoms with Gasteiger partial charge in [-0.25, -0.2) is 0 Å². The minimum absolute atomic E-state index is 0.681. The van der Waals surface area contributed by atoms with Crippen LogP contribution in [0.3, 0.4) is 0 Å². The van der Waals surface area contributed by atoms with Crippen molar-refractivity contribution in [3.8, 4) is 6.07 Å². The maximum Gasteiger partial charge on any atom is 0.0992 e. The van der Waals surface area contributed by atoms with E-state index in [1.807, 2.05) is 25.1 Å². The van der Waals surface area contributed by atoms with Crippen molar-refractivity contribution in [3.63, 3.8) is 0 Å². The molecule has 0 atom stereocenters. The molecule has 0 aliphatic heterocycles. The second-order valence-corrected chi connectivity index (χ2v) is 5.43. The average Bonchev–Trinajstić information content (AvgIpc) is 2.41. The zero-order chi connectivity index (χ0) is 13.8. The van der Waals surface area contributed by atoms with Crippen molar-refractivity contribution in [2.45, 2.75) is 20.4 Å². The molecule has 2 aromatic carbocycles. The second-order valence-electron chi connectivity index (χ2n) is 4.58. The second kappa shape index (κ2) is 5.90. The summed E-state index contributed by atoms with van der Waals surface area (Å²) in [6.45, 7) is 4.87. The zero-order valence-electron chi connectivity index (χ0n) is 11.0. The molecular formula is C16H15BrN2. The van der Waals surface area contributed by atoms with Gasteiger partial charge in [0.1, 0.15) is 0 Å². The Kier molecular flexibility index (Phi) is 4.24. The van der Waals surface area contributed by atoms with E-state index >= 15 is 0 Å². The molecule has 19 heavy (non-hydrogen) atoms. The first-order chi connectivity index (χ1) is 9.10. The molecule has 0 aromatic heterocycles. The molecule has 0 heterocycles. The minimum Gasteiger partial charge on any atom is -0.381 e. The molecule has 0 amide bonds. The van der Waals surface area contributed by atoms with E-state index in [1.165, 1.54) is 11.1 Å². The van der Waals surface area contributed by atoms with Crippen LogP contribution in [0.5, 0.6) is 0 Å². The van der Waals surface area contributed by atoms with E-state index in [1.54, 1.807) is 0 Å². The fourth-order valence-corrected chi connectivity index (χ4v) is 2.14. The molecular weight excluding hydrogens is 300 g/mol. The molecule has 0 radical (unpaired) electrons. The highest BCUT2D eigenvalue weighted by atomic mass is 79.9. The Morgan fingerprint density at radius 3 is 2.58 bits per heavy atom. The van der Waals surface area contributed by atoms with Crippen molar-refractivity contribution >= 4 is 21.6 Å². The molecule has 1 N–H and O–H groups in total. The van der Waals surface area contributed by atoms with Crippen LogP contribution >= 0.6 is 15.9 Å². The van der Waals surface area contributed by atoms with Gasteiger partial charge in [-0.3, -0.25) is 0 Å². The van der Waals surface area contributed by atoms with Crippen molar-refractivity contribution in [1.29, 1.82) is 5.26 Å². The summed E-state index contributed by atoms with van der Waals surface area (Å²) in [4.78, 5) is 0. The van der Waals surface area contributed by atoms with Gasteiger partial charge in [-0.2, -0.15) is 5.26 Å². The van der Waals surface area contributed by atoms with Gasteiger partial charge in [0.05, 0.1) is 11.6 Å². The third-order valence-corrected chi connectivity index (χ3v) is 3.96. The van der Waals surface area contributed by atoms with Gasteiger partial charge in [0.25, 0.3) is 0 Å². The standard InChI is InChI=1S/C16H15BrN2/c1-11-3-4-13(9-18)8-16(11)19-10-14-5-6-15(17)12(2)7-14/h3-8,19H,10H2,1-2H3. The van der Waals surface area contributed by atoms with Crippen LogP contribution in [0, 0.1) is 25.2 Å². The smallest absolute Gasteiger partial charge is 0.0992 e. The van der Waals surface area contributed by atoms with Gasteiger partial charge in [-0.05, 0) is 48.7 Å². The summed E-state index contributed by atoms with van der Waals surface area (Å²) in [6, 6.07) is 14.2. The molecule has 2 aromatic rings. The third-order valence-electron chi connectivity index (χ3n) is 3.07. The van der Waals surface area contributed by atoms with E-state index in [-0.39, 0.29) is 0 Å². The molecule has 0 bridgehead atoms. The fraction of sp³-hybridized carbons (Fsp3) is 0.188. The van der Waals surface area contributed by atoms with Crippen LogP contribution in [-0.4, -0.2) is 0 Å². The third kappa shape index (κ3) is 3.36. The largest absolute Gasteiger partial charge is 0.381 e. The van der Waals surface area contributed by atoms with Gasteiger partial charge in [-0.15, -0.1) is 0 Å². The van der Waals surface area contributed by atoms with Crippen LogP contribution in [0.1, 0.15) is 22.3 Å². The van der Waals surface area contributed by atoms with Crippen LogP contribution in [-0.2, 0) is 6.54 Å². The van der Waals surface area contributed by atoms with Crippen LogP contribution < -0.4 is 5.32 Å². The van der Waals surface area contributed by atoms with E-state index in [4.69, 9.17) is 5.26 Å². The lowest BCUT2D eigenvalue weighted by molar-refractivity contribution is 1.13. The van der Waals surface area contributed by atoms with Gasteiger partial charge < -0.3 is 5.32 Å². The molecule has 0 saturated carbocycles. The number of benzene rings is 2. The first kappa shape index (κ1) is 13.6. The lowest BCUT2D eigenvalue weighted by Crippen LogP contribution is -2.01. The molecule has 0 fully saturated rings. The minimum atomic E-state index is 0.681. The summed E-state index contributed by atoms with van der Waals surface area (Å²) in [5.74, 6) is 0. The van der Waals surface area contributed by atoms with Crippen LogP contribution in [0.2, 0.25) is 0 Å². The van der Waals surface area contributed by atoms with Gasteiger partial charge in [0, 0.05) is 16.7 Å². The Hall–Kier alpha value is -1.79. The summed E-state index contributed by atoms with van der Waals surface area (Å²) in [6.07, 6.45) is 0. The summed E-state index contributed by atoms with van der Waals surface area (Å²) in [5, 5.41) is 12.3. The first-order valence-electron chi connectivity index (χ1n) is 6.10. The van der Waals surface area contributed by atoms with E-state index in [0.717, 1.165) is 22.3 Å². The SMILES string of the molecule is Cc1cc(CNc2cc(C#N)ccc2C)ccc1Br. The Balaban J connectivity index is 2.14. The Morgan fingerprint density at radius 1 is 1.11 bits per heavy atom. The topological polar surface area (TPSA) is 35.8 Å². The Bertz CT molecular complexity index is 642. The average molecular weight is 315 g/mol. The molecule has 0 spiro atoms.